The molecular weight excluding hydrogens is 148 g/mol. The number of aliphatic imine (C=N–C) groups is 1. The minimum Gasteiger partial charge on any atom is -0.250 e. The van der Waals surface area contributed by atoms with Gasteiger partial charge in [-0.3, -0.25) is 0 Å². The summed E-state index contributed by atoms with van der Waals surface area (Å²) in [6.45, 7) is 0.497. The summed E-state index contributed by atoms with van der Waals surface area (Å²) in [6, 6.07) is 0. The highest BCUT2D eigenvalue weighted by Gasteiger charge is 1.91. The molecule has 0 aliphatic heterocycles. The van der Waals surface area contributed by atoms with Crippen molar-refractivity contribution < 1.29 is 4.79 Å². The molecule has 0 amide bonds. The normalized spacial score (nSPS) is 8.80. The van der Waals surface area contributed by atoms with Gasteiger partial charge in [-0.05, 0) is 0 Å². The molecule has 0 aliphatic carbocycles. The van der Waals surface area contributed by atoms with E-state index in [2.05, 4.69) is 9.98 Å². The van der Waals surface area contributed by atoms with E-state index in [4.69, 9.17) is 0 Å². The molecule has 0 fully saturated rings. The Labute approximate surface area is 62.4 Å². The lowest BCUT2D eigenvalue weighted by Gasteiger charge is -1.84. The first kappa shape index (κ1) is 7.12. The van der Waals surface area contributed by atoms with Crippen molar-refractivity contribution in [2.24, 2.45) is 4.99 Å². The summed E-state index contributed by atoms with van der Waals surface area (Å²) in [5.74, 6) is 0. The largest absolute Gasteiger partial charge is 0.250 e. The molecule has 1 aromatic heterocycles. The third-order valence-electron chi connectivity index (χ3n) is 0.985. The van der Waals surface area contributed by atoms with Crippen LogP contribution in [-0.2, 0) is 11.2 Å². The van der Waals surface area contributed by atoms with Crippen molar-refractivity contribution in [3.63, 3.8) is 0 Å². The molecule has 4 heteroatoms. The Hall–Kier alpha value is -0.990. The number of rotatable bonds is 3. The summed E-state index contributed by atoms with van der Waals surface area (Å²) >= 11 is 1.57. The van der Waals surface area contributed by atoms with Gasteiger partial charge in [-0.15, -0.1) is 11.3 Å². The predicted octanol–water partition coefficient (Wildman–Crippen LogP) is 1.02. The van der Waals surface area contributed by atoms with Crippen LogP contribution in [0.1, 0.15) is 5.01 Å². The van der Waals surface area contributed by atoms with Crippen molar-refractivity contribution in [2.75, 3.05) is 6.54 Å². The Bertz CT molecular complexity index is 226. The zero-order chi connectivity index (χ0) is 7.23. The first-order chi connectivity index (χ1) is 4.93. The molecule has 0 N–H and O–H groups in total. The molecule has 1 heterocycles. The van der Waals surface area contributed by atoms with Gasteiger partial charge >= 0.3 is 0 Å². The highest BCUT2D eigenvalue weighted by atomic mass is 32.1. The zero-order valence-electron chi connectivity index (χ0n) is 5.28. The number of aromatic nitrogens is 1. The summed E-state index contributed by atoms with van der Waals surface area (Å²) < 4.78 is 0. The van der Waals surface area contributed by atoms with Gasteiger partial charge in [0.15, 0.2) is 0 Å². The lowest BCUT2D eigenvalue weighted by Crippen LogP contribution is -1.86. The van der Waals surface area contributed by atoms with Crippen molar-refractivity contribution in [3.8, 4) is 0 Å². The summed E-state index contributed by atoms with van der Waals surface area (Å²) in [5.41, 5.74) is 0. The van der Waals surface area contributed by atoms with E-state index in [0.717, 1.165) is 11.4 Å². The summed E-state index contributed by atoms with van der Waals surface area (Å²) in [4.78, 5) is 17.0. The van der Waals surface area contributed by atoms with Gasteiger partial charge in [0.2, 0.25) is 6.08 Å². The monoisotopic (exact) mass is 154 g/mol. The zero-order valence-corrected chi connectivity index (χ0v) is 6.10. The molecule has 0 saturated heterocycles. The summed E-state index contributed by atoms with van der Waals surface area (Å²) in [6.07, 6.45) is 3.97. The number of nitrogens with zero attached hydrogens (tertiary/aromatic N) is 2. The molecule has 1 aromatic rings. The third kappa shape index (κ3) is 2.09. The number of thiazole rings is 1. The van der Waals surface area contributed by atoms with Gasteiger partial charge in [0, 0.05) is 18.0 Å². The van der Waals surface area contributed by atoms with E-state index in [0.29, 0.717) is 6.54 Å². The van der Waals surface area contributed by atoms with Crippen molar-refractivity contribution in [1.29, 1.82) is 0 Å². The highest BCUT2D eigenvalue weighted by Crippen LogP contribution is 2.03. The Morgan fingerprint density at radius 2 is 2.70 bits per heavy atom. The molecule has 52 valence electrons. The first-order valence-electron chi connectivity index (χ1n) is 2.85. The second kappa shape index (κ2) is 3.93. The highest BCUT2D eigenvalue weighted by molar-refractivity contribution is 7.09. The Kier molecular flexibility index (Phi) is 2.80. The van der Waals surface area contributed by atoms with Gasteiger partial charge in [-0.2, -0.15) is 0 Å². The number of carbonyl (C=O) groups excluding carboxylic acids is 1. The lowest BCUT2D eigenvalue weighted by atomic mass is 10.5. The average molecular weight is 154 g/mol. The van der Waals surface area contributed by atoms with Crippen LogP contribution in [0.5, 0.6) is 0 Å². The van der Waals surface area contributed by atoms with Crippen LogP contribution >= 0.6 is 11.3 Å². The maximum atomic E-state index is 9.62. The van der Waals surface area contributed by atoms with E-state index < -0.39 is 0 Å². The minimum absolute atomic E-state index is 0.497. The van der Waals surface area contributed by atoms with E-state index in [-0.39, 0.29) is 0 Å². The average Bonchev–Trinajstić information content (AvgIpc) is 2.41. The Morgan fingerprint density at radius 1 is 1.80 bits per heavy atom. The van der Waals surface area contributed by atoms with Gasteiger partial charge in [0.05, 0.1) is 11.6 Å². The predicted molar refractivity (Wildman–Crippen MR) is 38.8 cm³/mol. The van der Waals surface area contributed by atoms with Crippen LogP contribution in [-0.4, -0.2) is 17.6 Å². The molecule has 0 atom stereocenters. The maximum absolute atomic E-state index is 9.62. The van der Waals surface area contributed by atoms with Crippen LogP contribution in [0.2, 0.25) is 0 Å². The van der Waals surface area contributed by atoms with Gasteiger partial charge in [0.1, 0.15) is 0 Å². The standard InChI is InChI=1S/C6H6N2OS/c9-5-7-2-1-6-8-3-4-10-6/h3-4H,1-2H2. The Morgan fingerprint density at radius 3 is 3.30 bits per heavy atom. The van der Waals surface area contributed by atoms with E-state index in [1.54, 1.807) is 17.5 Å². The molecule has 0 aliphatic rings. The fourth-order valence-electron chi connectivity index (χ4n) is 0.574. The van der Waals surface area contributed by atoms with E-state index in [9.17, 15) is 4.79 Å². The van der Waals surface area contributed by atoms with Gasteiger partial charge in [-0.1, -0.05) is 0 Å². The van der Waals surface area contributed by atoms with Gasteiger partial charge < -0.3 is 0 Å². The molecule has 10 heavy (non-hydrogen) atoms. The van der Waals surface area contributed by atoms with Crippen LogP contribution in [0, 0.1) is 0 Å². The fourth-order valence-corrected chi connectivity index (χ4v) is 1.18. The minimum atomic E-state index is 0.497. The molecule has 0 radical (unpaired) electrons. The van der Waals surface area contributed by atoms with Crippen LogP contribution in [0.4, 0.5) is 0 Å². The van der Waals surface area contributed by atoms with Crippen LogP contribution in [0.25, 0.3) is 0 Å². The molecule has 0 spiro atoms. The number of isocyanates is 1. The molecule has 0 bridgehead atoms. The first-order valence-corrected chi connectivity index (χ1v) is 3.73. The lowest BCUT2D eigenvalue weighted by molar-refractivity contribution is 0.563. The fraction of sp³-hybridized carbons (Fsp3) is 0.333. The van der Waals surface area contributed by atoms with Gasteiger partial charge in [-0.25, -0.2) is 14.8 Å². The topological polar surface area (TPSA) is 42.3 Å². The van der Waals surface area contributed by atoms with Crippen molar-refractivity contribution >= 4 is 17.4 Å². The third-order valence-corrected chi connectivity index (χ3v) is 1.82. The van der Waals surface area contributed by atoms with Gasteiger partial charge in [0.25, 0.3) is 0 Å². The molecular formula is C6H6N2OS. The van der Waals surface area contributed by atoms with Crippen molar-refractivity contribution in [2.45, 2.75) is 6.42 Å². The maximum Gasteiger partial charge on any atom is 0.234 e. The van der Waals surface area contributed by atoms with Crippen molar-refractivity contribution in [3.05, 3.63) is 16.6 Å². The molecule has 0 saturated carbocycles. The van der Waals surface area contributed by atoms with E-state index >= 15 is 0 Å². The van der Waals surface area contributed by atoms with Crippen LogP contribution < -0.4 is 0 Å². The van der Waals surface area contributed by atoms with Crippen molar-refractivity contribution in [1.82, 2.24) is 4.98 Å². The number of hydrogen-bond donors (Lipinski definition) is 0. The van der Waals surface area contributed by atoms with Crippen LogP contribution in [0.15, 0.2) is 16.6 Å². The van der Waals surface area contributed by atoms with E-state index in [1.165, 1.54) is 6.08 Å². The van der Waals surface area contributed by atoms with E-state index in [1.807, 2.05) is 5.38 Å². The Balaban J connectivity index is 2.34. The molecule has 1 rings (SSSR count). The summed E-state index contributed by atoms with van der Waals surface area (Å²) in [5, 5.41) is 2.92. The number of hydrogen-bond acceptors (Lipinski definition) is 4. The second-order valence-corrected chi connectivity index (χ2v) is 2.63. The van der Waals surface area contributed by atoms with Crippen LogP contribution in [0.3, 0.4) is 0 Å². The quantitative estimate of drug-likeness (QED) is 0.482. The molecule has 0 unspecified atom stereocenters. The molecule has 3 nitrogen and oxygen atoms in total. The smallest absolute Gasteiger partial charge is 0.234 e. The molecule has 0 aromatic carbocycles. The second-order valence-electron chi connectivity index (χ2n) is 1.65. The SMILES string of the molecule is O=C=NCCc1nccs1. The summed E-state index contributed by atoms with van der Waals surface area (Å²) in [7, 11) is 0.